The van der Waals surface area contributed by atoms with Crippen LogP contribution in [0, 0.1) is 0 Å². The molecule has 1 aliphatic rings. The van der Waals surface area contributed by atoms with Gasteiger partial charge in [-0.1, -0.05) is 0 Å². The van der Waals surface area contributed by atoms with Gasteiger partial charge in [0.25, 0.3) is 0 Å². The Kier molecular flexibility index (Phi) is 1.25. The van der Waals surface area contributed by atoms with Crippen LogP contribution in [0.4, 0.5) is 0 Å². The highest BCUT2D eigenvalue weighted by molar-refractivity contribution is 7.95. The van der Waals surface area contributed by atoms with Crippen LogP contribution in [0.3, 0.4) is 0 Å². The Balaban J connectivity index is 1.99. The maximum absolute atomic E-state index is 2.04. The minimum absolute atomic E-state index is 1.68. The fourth-order valence-corrected chi connectivity index (χ4v) is 0.811. The van der Waals surface area contributed by atoms with Crippen LogP contribution in [0.25, 0.3) is 0 Å². The van der Waals surface area contributed by atoms with Gasteiger partial charge in [0.2, 0.25) is 0 Å². The number of hydrogen-bond acceptors (Lipinski definition) is 3. The monoisotopic (exact) mass is 116 g/mol. The van der Waals surface area contributed by atoms with Crippen molar-refractivity contribution in [2.24, 2.45) is 0 Å². The molecule has 0 spiro atoms. The van der Waals surface area contributed by atoms with Gasteiger partial charge in [0, 0.05) is 24.5 Å². The summed E-state index contributed by atoms with van der Waals surface area (Å²) in [7, 11) is 4.04. The van der Waals surface area contributed by atoms with E-state index in [0.29, 0.717) is 0 Å². The predicted molar refractivity (Wildman–Crippen MR) is 32.3 cm³/mol. The van der Waals surface area contributed by atoms with Crippen molar-refractivity contribution in [3.05, 3.63) is 12.4 Å². The molecule has 0 aliphatic carbocycles. The average Bonchev–Trinajstić information content (AvgIpc) is 2.17. The SMILES string of the molecule is CN(C)SN1C=C1. The fourth-order valence-electron chi connectivity index (χ4n) is 0.270. The molecule has 0 saturated heterocycles. The first-order valence-electron chi connectivity index (χ1n) is 2.11. The van der Waals surface area contributed by atoms with Gasteiger partial charge in [-0.25, -0.2) is 4.31 Å². The van der Waals surface area contributed by atoms with E-state index in [1.807, 2.05) is 35.1 Å². The van der Waals surface area contributed by atoms with E-state index in [2.05, 4.69) is 0 Å². The van der Waals surface area contributed by atoms with E-state index in [-0.39, 0.29) is 0 Å². The third-order valence-corrected chi connectivity index (χ3v) is 1.29. The van der Waals surface area contributed by atoms with Gasteiger partial charge in [-0.05, 0) is 14.1 Å². The predicted octanol–water partition coefficient (Wildman–Crippen LogP) is 0.898. The van der Waals surface area contributed by atoms with Crippen molar-refractivity contribution < 1.29 is 0 Å². The highest BCUT2D eigenvalue weighted by atomic mass is 32.2. The van der Waals surface area contributed by atoms with E-state index in [0.717, 1.165) is 0 Å². The van der Waals surface area contributed by atoms with Crippen molar-refractivity contribution in [2.75, 3.05) is 14.1 Å². The summed E-state index contributed by atoms with van der Waals surface area (Å²) in [6.07, 6.45) is 4.04. The third-order valence-electron chi connectivity index (χ3n) is 0.528. The van der Waals surface area contributed by atoms with Gasteiger partial charge in [0.15, 0.2) is 0 Å². The Morgan fingerprint density at radius 3 is 2.14 bits per heavy atom. The minimum atomic E-state index is 1.68. The summed E-state index contributed by atoms with van der Waals surface area (Å²) in [5.41, 5.74) is 0. The summed E-state index contributed by atoms with van der Waals surface area (Å²) in [5.74, 6) is 0. The maximum Gasteiger partial charge on any atom is 0.0435 e. The molecule has 0 atom stereocenters. The van der Waals surface area contributed by atoms with Crippen LogP contribution in [-0.4, -0.2) is 22.7 Å². The average molecular weight is 116 g/mol. The van der Waals surface area contributed by atoms with Crippen LogP contribution in [0.1, 0.15) is 0 Å². The second kappa shape index (κ2) is 1.76. The first kappa shape index (κ1) is 5.00. The highest BCUT2D eigenvalue weighted by Gasteiger charge is 2.05. The quantitative estimate of drug-likeness (QED) is 0.495. The molecule has 1 aliphatic heterocycles. The Morgan fingerprint density at radius 1 is 1.43 bits per heavy atom. The standard InChI is InChI=1S/C4H8N2S/c1-5(2)7-6-3-4-6/h3-4H,1-2H3. The Hall–Kier alpha value is -0.150. The number of nitrogens with zero attached hydrogens (tertiary/aromatic N) is 2. The summed E-state index contributed by atoms with van der Waals surface area (Å²) in [5, 5.41) is 0. The summed E-state index contributed by atoms with van der Waals surface area (Å²) in [6.45, 7) is 0. The zero-order valence-corrected chi connectivity index (χ0v) is 5.27. The molecule has 0 aromatic rings. The van der Waals surface area contributed by atoms with Crippen LogP contribution in [0.5, 0.6) is 0 Å². The van der Waals surface area contributed by atoms with Crippen LogP contribution in [-0.2, 0) is 0 Å². The van der Waals surface area contributed by atoms with E-state index >= 15 is 0 Å². The molecule has 0 aromatic heterocycles. The van der Waals surface area contributed by atoms with Crippen molar-refractivity contribution in [3.8, 4) is 0 Å². The van der Waals surface area contributed by atoms with E-state index in [9.17, 15) is 0 Å². The molecular formula is C4H8N2S. The lowest BCUT2D eigenvalue weighted by atomic mass is 11.3. The fraction of sp³-hybridized carbons (Fsp3) is 0.500. The molecule has 0 bridgehead atoms. The lowest BCUT2D eigenvalue weighted by molar-refractivity contribution is 0.682. The van der Waals surface area contributed by atoms with Gasteiger partial charge >= 0.3 is 0 Å². The van der Waals surface area contributed by atoms with Crippen molar-refractivity contribution in [1.82, 2.24) is 8.61 Å². The van der Waals surface area contributed by atoms with Gasteiger partial charge in [0.05, 0.1) is 0 Å². The zero-order valence-electron chi connectivity index (χ0n) is 4.46. The van der Waals surface area contributed by atoms with Crippen LogP contribution in [0.2, 0.25) is 0 Å². The molecule has 0 amide bonds. The summed E-state index contributed by atoms with van der Waals surface area (Å²) < 4.78 is 4.08. The lowest BCUT2D eigenvalue weighted by Gasteiger charge is -2.06. The van der Waals surface area contributed by atoms with Gasteiger partial charge in [0.1, 0.15) is 0 Å². The van der Waals surface area contributed by atoms with E-state index < -0.39 is 0 Å². The van der Waals surface area contributed by atoms with E-state index in [1.165, 1.54) is 0 Å². The van der Waals surface area contributed by atoms with Gasteiger partial charge in [-0.15, -0.1) is 0 Å². The van der Waals surface area contributed by atoms with Crippen molar-refractivity contribution in [2.45, 2.75) is 0 Å². The van der Waals surface area contributed by atoms with Crippen LogP contribution >= 0.6 is 12.1 Å². The Labute approximate surface area is 48.1 Å². The molecule has 7 heavy (non-hydrogen) atoms. The third kappa shape index (κ3) is 1.85. The topological polar surface area (TPSA) is 6.25 Å². The summed E-state index contributed by atoms with van der Waals surface area (Å²) in [6, 6.07) is 0. The normalized spacial score (nSPS) is 16.1. The summed E-state index contributed by atoms with van der Waals surface area (Å²) in [4.78, 5) is 0. The maximum atomic E-state index is 2.04. The molecule has 2 nitrogen and oxygen atoms in total. The van der Waals surface area contributed by atoms with Gasteiger partial charge in [-0.2, -0.15) is 0 Å². The summed E-state index contributed by atoms with van der Waals surface area (Å²) >= 11 is 1.68. The Morgan fingerprint density at radius 2 is 2.00 bits per heavy atom. The van der Waals surface area contributed by atoms with Gasteiger partial charge in [-0.3, -0.25) is 4.31 Å². The molecule has 0 N–H and O–H groups in total. The lowest BCUT2D eigenvalue weighted by Crippen LogP contribution is -2.02. The Bertz CT molecular complexity index is 83.7. The van der Waals surface area contributed by atoms with Crippen molar-refractivity contribution in [3.63, 3.8) is 0 Å². The molecule has 1 rings (SSSR count). The molecule has 0 unspecified atom stereocenters. The molecule has 0 fully saturated rings. The second-order valence-electron chi connectivity index (χ2n) is 1.55. The van der Waals surface area contributed by atoms with Crippen LogP contribution < -0.4 is 0 Å². The highest BCUT2D eigenvalue weighted by Crippen LogP contribution is 2.21. The molecular weight excluding hydrogens is 108 g/mol. The zero-order chi connectivity index (χ0) is 5.28. The number of rotatable bonds is 2. The van der Waals surface area contributed by atoms with E-state index in [1.54, 1.807) is 12.1 Å². The smallest absolute Gasteiger partial charge is 0.0435 e. The first-order chi connectivity index (χ1) is 3.29. The number of hydrogen-bond donors (Lipinski definition) is 0. The van der Waals surface area contributed by atoms with Crippen LogP contribution in [0.15, 0.2) is 12.4 Å². The molecule has 0 aromatic carbocycles. The van der Waals surface area contributed by atoms with E-state index in [4.69, 9.17) is 0 Å². The molecule has 40 valence electrons. The van der Waals surface area contributed by atoms with Crippen molar-refractivity contribution >= 4 is 12.1 Å². The largest absolute Gasteiger partial charge is 0.283 e. The van der Waals surface area contributed by atoms with Crippen molar-refractivity contribution in [1.29, 1.82) is 0 Å². The first-order valence-corrected chi connectivity index (χ1v) is 2.84. The molecule has 0 radical (unpaired) electrons. The molecule has 1 heterocycles. The molecule has 0 saturated carbocycles. The van der Waals surface area contributed by atoms with Gasteiger partial charge < -0.3 is 0 Å². The second-order valence-corrected chi connectivity index (χ2v) is 2.87. The minimum Gasteiger partial charge on any atom is -0.283 e. The molecule has 3 heteroatoms.